The highest BCUT2D eigenvalue weighted by Crippen LogP contribution is 2.13. The number of piperidine rings is 1. The molecule has 1 saturated heterocycles. The Labute approximate surface area is 117 Å². The molecule has 6 heteroatoms. The smallest absolute Gasteiger partial charge is 0.260 e. The number of oxime groups is 1. The van der Waals surface area contributed by atoms with E-state index in [2.05, 4.69) is 5.16 Å². The monoisotopic (exact) mass is 277 g/mol. The van der Waals surface area contributed by atoms with Gasteiger partial charge in [-0.3, -0.25) is 4.79 Å². The van der Waals surface area contributed by atoms with E-state index in [0.717, 1.165) is 25.9 Å². The van der Waals surface area contributed by atoms with Crippen LogP contribution in [0.15, 0.2) is 29.4 Å². The van der Waals surface area contributed by atoms with Crippen LogP contribution in [0, 0.1) is 0 Å². The predicted octanol–water partition coefficient (Wildman–Crippen LogP) is 1.17. The molecule has 20 heavy (non-hydrogen) atoms. The van der Waals surface area contributed by atoms with Crippen LogP contribution in [0.5, 0.6) is 5.75 Å². The molecular formula is C14H19N3O3. The number of rotatable bonds is 4. The first-order chi connectivity index (χ1) is 9.70. The molecule has 1 aromatic carbocycles. The second-order valence-electron chi connectivity index (χ2n) is 4.74. The van der Waals surface area contributed by atoms with Crippen LogP contribution in [-0.4, -0.2) is 41.5 Å². The van der Waals surface area contributed by atoms with Crippen molar-refractivity contribution in [3.63, 3.8) is 0 Å². The first kappa shape index (κ1) is 14.2. The van der Waals surface area contributed by atoms with Gasteiger partial charge in [0.25, 0.3) is 5.91 Å². The van der Waals surface area contributed by atoms with Gasteiger partial charge in [-0.2, -0.15) is 0 Å². The number of hydrogen-bond acceptors (Lipinski definition) is 4. The van der Waals surface area contributed by atoms with Crippen LogP contribution in [0.25, 0.3) is 0 Å². The van der Waals surface area contributed by atoms with Gasteiger partial charge in [0.05, 0.1) is 0 Å². The van der Waals surface area contributed by atoms with Crippen LogP contribution in [0.3, 0.4) is 0 Å². The molecule has 0 unspecified atom stereocenters. The minimum absolute atomic E-state index is 0.0187. The van der Waals surface area contributed by atoms with E-state index < -0.39 is 0 Å². The largest absolute Gasteiger partial charge is 0.484 e. The van der Waals surface area contributed by atoms with Crippen molar-refractivity contribution in [2.24, 2.45) is 10.9 Å². The molecular weight excluding hydrogens is 258 g/mol. The molecule has 0 radical (unpaired) electrons. The van der Waals surface area contributed by atoms with Gasteiger partial charge in [-0.05, 0) is 43.5 Å². The number of amides is 1. The molecule has 0 bridgehead atoms. The number of benzene rings is 1. The molecule has 1 amide bonds. The maximum atomic E-state index is 11.9. The number of nitrogens with two attached hydrogens (primary N) is 1. The molecule has 0 aromatic heterocycles. The molecule has 1 aliphatic heterocycles. The molecule has 2 rings (SSSR count). The van der Waals surface area contributed by atoms with Gasteiger partial charge < -0.3 is 20.6 Å². The molecule has 0 saturated carbocycles. The molecule has 6 nitrogen and oxygen atoms in total. The highest BCUT2D eigenvalue weighted by Gasteiger charge is 2.16. The minimum atomic E-state index is 0.0187. The Bertz CT molecular complexity index is 479. The maximum absolute atomic E-state index is 11.9. The van der Waals surface area contributed by atoms with E-state index in [1.807, 2.05) is 4.90 Å². The third kappa shape index (κ3) is 3.63. The van der Waals surface area contributed by atoms with E-state index in [9.17, 15) is 4.79 Å². The summed E-state index contributed by atoms with van der Waals surface area (Å²) in [6, 6.07) is 6.74. The summed E-state index contributed by atoms with van der Waals surface area (Å²) < 4.78 is 5.45. The zero-order chi connectivity index (χ0) is 14.4. The lowest BCUT2D eigenvalue weighted by atomic mass is 10.1. The fourth-order valence-corrected chi connectivity index (χ4v) is 2.16. The Hall–Kier alpha value is -2.24. The number of carbonyl (C=O) groups is 1. The van der Waals surface area contributed by atoms with E-state index in [4.69, 9.17) is 15.7 Å². The van der Waals surface area contributed by atoms with Crippen LogP contribution in [0.4, 0.5) is 0 Å². The maximum Gasteiger partial charge on any atom is 0.260 e. The lowest BCUT2D eigenvalue weighted by molar-refractivity contribution is -0.134. The van der Waals surface area contributed by atoms with Crippen molar-refractivity contribution < 1.29 is 14.7 Å². The molecule has 0 spiro atoms. The minimum Gasteiger partial charge on any atom is -0.484 e. The Balaban J connectivity index is 1.85. The summed E-state index contributed by atoms with van der Waals surface area (Å²) in [4.78, 5) is 13.8. The SMILES string of the molecule is N/C(=N\O)c1ccc(OCC(=O)N2CCCCC2)cc1. The van der Waals surface area contributed by atoms with Crippen molar-refractivity contribution in [3.8, 4) is 5.75 Å². The molecule has 3 N–H and O–H groups in total. The highest BCUT2D eigenvalue weighted by molar-refractivity contribution is 5.97. The van der Waals surface area contributed by atoms with Gasteiger partial charge in [-0.1, -0.05) is 5.16 Å². The summed E-state index contributed by atoms with van der Waals surface area (Å²) in [7, 11) is 0. The summed E-state index contributed by atoms with van der Waals surface area (Å²) in [6.07, 6.45) is 3.33. The molecule has 1 aromatic rings. The number of carbonyl (C=O) groups excluding carboxylic acids is 1. The topological polar surface area (TPSA) is 88.1 Å². The highest BCUT2D eigenvalue weighted by atomic mass is 16.5. The van der Waals surface area contributed by atoms with Crippen molar-refractivity contribution in [3.05, 3.63) is 29.8 Å². The Morgan fingerprint density at radius 1 is 1.25 bits per heavy atom. The number of nitrogens with zero attached hydrogens (tertiary/aromatic N) is 2. The molecule has 1 aliphatic rings. The summed E-state index contributed by atoms with van der Waals surface area (Å²) in [5.74, 6) is 0.649. The van der Waals surface area contributed by atoms with Crippen molar-refractivity contribution >= 4 is 11.7 Å². The van der Waals surface area contributed by atoms with Crippen molar-refractivity contribution in [2.75, 3.05) is 19.7 Å². The number of hydrogen-bond donors (Lipinski definition) is 2. The quantitative estimate of drug-likeness (QED) is 0.374. The van der Waals surface area contributed by atoms with E-state index in [1.165, 1.54) is 6.42 Å². The first-order valence-corrected chi connectivity index (χ1v) is 6.69. The number of likely N-dealkylation sites (tertiary alicyclic amines) is 1. The van der Waals surface area contributed by atoms with E-state index in [1.54, 1.807) is 24.3 Å². The second-order valence-corrected chi connectivity index (χ2v) is 4.74. The molecule has 0 atom stereocenters. The van der Waals surface area contributed by atoms with Gasteiger partial charge in [0.15, 0.2) is 12.4 Å². The fraction of sp³-hybridized carbons (Fsp3) is 0.429. The van der Waals surface area contributed by atoms with Gasteiger partial charge >= 0.3 is 0 Å². The summed E-state index contributed by atoms with van der Waals surface area (Å²) in [6.45, 7) is 1.69. The number of amidine groups is 1. The van der Waals surface area contributed by atoms with E-state index >= 15 is 0 Å². The summed E-state index contributed by atoms with van der Waals surface area (Å²) >= 11 is 0. The normalized spacial score (nSPS) is 16.0. The van der Waals surface area contributed by atoms with Crippen molar-refractivity contribution in [1.29, 1.82) is 0 Å². The summed E-state index contributed by atoms with van der Waals surface area (Å²) in [5.41, 5.74) is 6.06. The first-order valence-electron chi connectivity index (χ1n) is 6.69. The van der Waals surface area contributed by atoms with Crippen LogP contribution in [0.2, 0.25) is 0 Å². The van der Waals surface area contributed by atoms with Crippen LogP contribution in [0.1, 0.15) is 24.8 Å². The average molecular weight is 277 g/mol. The molecule has 1 heterocycles. The third-order valence-electron chi connectivity index (χ3n) is 3.33. The Morgan fingerprint density at radius 3 is 2.50 bits per heavy atom. The van der Waals surface area contributed by atoms with Gasteiger partial charge in [0.2, 0.25) is 0 Å². The van der Waals surface area contributed by atoms with Gasteiger partial charge in [0, 0.05) is 18.7 Å². The zero-order valence-corrected chi connectivity index (χ0v) is 11.3. The van der Waals surface area contributed by atoms with Gasteiger partial charge in [-0.15, -0.1) is 0 Å². The van der Waals surface area contributed by atoms with Crippen molar-refractivity contribution in [2.45, 2.75) is 19.3 Å². The lowest BCUT2D eigenvalue weighted by Crippen LogP contribution is -2.38. The lowest BCUT2D eigenvalue weighted by Gasteiger charge is -2.26. The Kier molecular flexibility index (Phi) is 4.81. The average Bonchev–Trinajstić information content (AvgIpc) is 2.53. The van der Waals surface area contributed by atoms with Gasteiger partial charge in [-0.25, -0.2) is 0 Å². The molecule has 0 aliphatic carbocycles. The fourth-order valence-electron chi connectivity index (χ4n) is 2.16. The van der Waals surface area contributed by atoms with Crippen LogP contribution >= 0.6 is 0 Å². The Morgan fingerprint density at radius 2 is 1.90 bits per heavy atom. The molecule has 108 valence electrons. The summed E-state index contributed by atoms with van der Waals surface area (Å²) in [5, 5.41) is 11.5. The van der Waals surface area contributed by atoms with E-state index in [0.29, 0.717) is 11.3 Å². The molecule has 1 fully saturated rings. The second kappa shape index (κ2) is 6.79. The third-order valence-corrected chi connectivity index (χ3v) is 3.33. The van der Waals surface area contributed by atoms with Crippen molar-refractivity contribution in [1.82, 2.24) is 4.90 Å². The standard InChI is InChI=1S/C14H19N3O3/c15-14(16-19)11-4-6-12(7-5-11)20-10-13(18)17-8-2-1-3-9-17/h4-7,19H,1-3,8-10H2,(H2,15,16). The van der Waals surface area contributed by atoms with Gasteiger partial charge in [0.1, 0.15) is 5.75 Å². The number of ether oxygens (including phenoxy) is 1. The van der Waals surface area contributed by atoms with Crippen LogP contribution < -0.4 is 10.5 Å². The van der Waals surface area contributed by atoms with Crippen LogP contribution in [-0.2, 0) is 4.79 Å². The zero-order valence-electron chi connectivity index (χ0n) is 11.3. The van der Waals surface area contributed by atoms with E-state index in [-0.39, 0.29) is 18.3 Å². The predicted molar refractivity (Wildman–Crippen MR) is 74.9 cm³/mol.